The lowest BCUT2D eigenvalue weighted by molar-refractivity contribution is -0.216. The molecule has 0 aromatic heterocycles. The predicted molar refractivity (Wildman–Crippen MR) is 261 cm³/mol. The lowest BCUT2D eigenvalue weighted by Crippen LogP contribution is -2.64. The number of allylic oxidation sites excluding steroid dienone is 14. The number of rotatable bonds is 40. The first-order valence-corrected chi connectivity index (χ1v) is 27.3. The highest BCUT2D eigenvalue weighted by Gasteiger charge is 2.54. The van der Waals surface area contributed by atoms with E-state index >= 15 is 0 Å². The van der Waals surface area contributed by atoms with Crippen molar-refractivity contribution in [2.75, 3.05) is 19.8 Å². The van der Waals surface area contributed by atoms with Crippen molar-refractivity contribution in [1.82, 2.24) is 0 Å². The number of phosphoric ester groups is 2. The van der Waals surface area contributed by atoms with Crippen molar-refractivity contribution in [1.29, 1.82) is 0 Å². The maximum Gasteiger partial charge on any atom is 0.472 e. The standard InChI is InChI=1S/C49H82O17P2/c1-2-3-4-5-6-7-8-9-10-12-15-18-21-24-27-30-33-36-42(51)62-39-41(40-63-68(60,61)66-49-46(55)44(53)45(54)48(47(49)56)65-67(57,58)59)64-43(52)37-34-31-28-25-22-19-16-13-11-14-17-20-23-26-29-32-35-38-50/h6-7,9-11,14-16,18-20,23,25,28,41,44-50,53-56H,2-5,8,12-13,17,21-22,24,26-27,29-40H2,1H3,(H,60,61)(H2,57,58,59)/b7-6-,10-9-,14-11-,18-15-,19-16-,23-20-,28-25-/t41-,44?,45?,46?,47?,48-,49+/m1/s1. The van der Waals surface area contributed by atoms with Crippen LogP contribution in [0.15, 0.2) is 85.1 Å². The van der Waals surface area contributed by atoms with Crippen LogP contribution in [0.4, 0.5) is 0 Å². The Morgan fingerprint density at radius 1 is 0.500 bits per heavy atom. The average Bonchev–Trinajstić information content (AvgIpc) is 3.29. The molecular formula is C49H82O17P2. The first kappa shape index (κ1) is 63.2. The molecule has 1 aliphatic carbocycles. The van der Waals surface area contributed by atoms with E-state index in [1.54, 1.807) is 0 Å². The van der Waals surface area contributed by atoms with Gasteiger partial charge in [-0.1, -0.05) is 124 Å². The van der Waals surface area contributed by atoms with Crippen LogP contribution in [0.3, 0.4) is 0 Å². The summed E-state index contributed by atoms with van der Waals surface area (Å²) >= 11 is 0. The van der Waals surface area contributed by atoms with Gasteiger partial charge in [-0.05, 0) is 96.3 Å². The number of hydrogen-bond donors (Lipinski definition) is 8. The molecule has 17 nitrogen and oxygen atoms in total. The van der Waals surface area contributed by atoms with E-state index in [-0.39, 0.29) is 19.4 Å². The maximum atomic E-state index is 13.0. The van der Waals surface area contributed by atoms with Crippen LogP contribution < -0.4 is 0 Å². The van der Waals surface area contributed by atoms with E-state index in [0.29, 0.717) is 25.7 Å². The fraction of sp³-hybridized carbons (Fsp3) is 0.673. The molecule has 0 saturated heterocycles. The van der Waals surface area contributed by atoms with Gasteiger partial charge in [0.2, 0.25) is 0 Å². The molecule has 8 N–H and O–H groups in total. The zero-order valence-corrected chi connectivity index (χ0v) is 41.7. The molecule has 68 heavy (non-hydrogen) atoms. The third-order valence-corrected chi connectivity index (χ3v) is 12.0. The van der Waals surface area contributed by atoms with Gasteiger partial charge in [-0.2, -0.15) is 0 Å². The fourth-order valence-electron chi connectivity index (χ4n) is 6.71. The first-order chi connectivity index (χ1) is 32.6. The van der Waals surface area contributed by atoms with Gasteiger partial charge in [-0.15, -0.1) is 0 Å². The molecule has 0 heterocycles. The van der Waals surface area contributed by atoms with Crippen molar-refractivity contribution in [2.45, 2.75) is 191 Å². The number of hydrogen-bond acceptors (Lipinski definition) is 14. The summed E-state index contributed by atoms with van der Waals surface area (Å²) in [6, 6.07) is 0. The lowest BCUT2D eigenvalue weighted by Gasteiger charge is -2.43. The van der Waals surface area contributed by atoms with E-state index in [0.717, 1.165) is 83.5 Å². The Kier molecular flexibility index (Phi) is 37.0. The smallest absolute Gasteiger partial charge is 0.462 e. The number of ether oxygens (including phenoxy) is 2. The Hall–Kier alpha value is -2.86. The van der Waals surface area contributed by atoms with Crippen molar-refractivity contribution >= 4 is 27.6 Å². The normalized spacial score (nSPS) is 22.0. The molecule has 1 aliphatic rings. The molecule has 0 aromatic carbocycles. The van der Waals surface area contributed by atoms with Gasteiger partial charge in [0.15, 0.2) is 6.10 Å². The summed E-state index contributed by atoms with van der Waals surface area (Å²) in [7, 11) is -10.7. The molecule has 0 spiro atoms. The van der Waals surface area contributed by atoms with Crippen LogP contribution in [0.5, 0.6) is 0 Å². The van der Waals surface area contributed by atoms with E-state index in [4.69, 9.17) is 23.6 Å². The molecule has 0 bridgehead atoms. The van der Waals surface area contributed by atoms with Gasteiger partial charge in [0.05, 0.1) is 6.61 Å². The second-order valence-electron chi connectivity index (χ2n) is 16.5. The third-order valence-electron chi connectivity index (χ3n) is 10.5. The molecule has 390 valence electrons. The van der Waals surface area contributed by atoms with E-state index in [1.165, 1.54) is 19.3 Å². The van der Waals surface area contributed by atoms with Crippen LogP contribution in [0.25, 0.3) is 0 Å². The molecule has 8 atom stereocenters. The van der Waals surface area contributed by atoms with E-state index in [9.17, 15) is 53.8 Å². The molecule has 19 heteroatoms. The van der Waals surface area contributed by atoms with E-state index < -0.39 is 83.5 Å². The van der Waals surface area contributed by atoms with Crippen molar-refractivity contribution in [3.63, 3.8) is 0 Å². The quantitative estimate of drug-likeness (QED) is 0.0124. The van der Waals surface area contributed by atoms with Gasteiger partial charge in [0.25, 0.3) is 0 Å². The number of esters is 2. The second-order valence-corrected chi connectivity index (χ2v) is 19.1. The number of phosphoric acid groups is 2. The predicted octanol–water partition coefficient (Wildman–Crippen LogP) is 8.37. The highest BCUT2D eigenvalue weighted by atomic mass is 31.2. The highest BCUT2D eigenvalue weighted by Crippen LogP contribution is 2.49. The number of carbonyl (C=O) groups excluding carboxylic acids is 2. The van der Waals surface area contributed by atoms with Gasteiger partial charge in [-0.25, -0.2) is 9.13 Å². The molecule has 0 radical (unpaired) electrons. The van der Waals surface area contributed by atoms with Gasteiger partial charge < -0.3 is 49.7 Å². The number of aliphatic hydroxyl groups is 5. The average molecular weight is 1010 g/mol. The number of aliphatic hydroxyl groups excluding tert-OH is 5. The van der Waals surface area contributed by atoms with Crippen molar-refractivity contribution in [2.24, 2.45) is 0 Å². The summed E-state index contributed by atoms with van der Waals surface area (Å²) in [5, 5.41) is 50.1. The molecule has 0 aromatic rings. The van der Waals surface area contributed by atoms with Crippen LogP contribution >= 0.6 is 15.6 Å². The van der Waals surface area contributed by atoms with Crippen LogP contribution in [0.1, 0.15) is 148 Å². The van der Waals surface area contributed by atoms with Crippen LogP contribution in [0, 0.1) is 0 Å². The Morgan fingerprint density at radius 2 is 0.926 bits per heavy atom. The molecule has 1 fully saturated rings. The summed E-state index contributed by atoms with van der Waals surface area (Å²) in [6.07, 6.45) is 32.7. The summed E-state index contributed by atoms with van der Waals surface area (Å²) < 4.78 is 49.3. The summed E-state index contributed by atoms with van der Waals surface area (Å²) in [6.45, 7) is 1.01. The summed E-state index contributed by atoms with van der Waals surface area (Å²) in [5.41, 5.74) is 0. The van der Waals surface area contributed by atoms with Crippen LogP contribution in [-0.4, -0.2) is 115 Å². The Labute approximate surface area is 404 Å². The fourth-order valence-corrected chi connectivity index (χ4v) is 8.25. The van der Waals surface area contributed by atoms with Crippen molar-refractivity contribution in [3.05, 3.63) is 85.1 Å². The van der Waals surface area contributed by atoms with Crippen LogP contribution in [0.2, 0.25) is 0 Å². The van der Waals surface area contributed by atoms with Gasteiger partial charge in [-0.3, -0.25) is 23.2 Å². The van der Waals surface area contributed by atoms with Gasteiger partial charge >= 0.3 is 27.6 Å². The number of carbonyl (C=O) groups is 2. The van der Waals surface area contributed by atoms with Crippen molar-refractivity contribution in [3.8, 4) is 0 Å². The van der Waals surface area contributed by atoms with Crippen molar-refractivity contribution < 1.29 is 82.0 Å². The van der Waals surface area contributed by atoms with Gasteiger partial charge in [0, 0.05) is 19.4 Å². The Balaban J connectivity index is 2.64. The molecular weight excluding hydrogens is 922 g/mol. The summed E-state index contributed by atoms with van der Waals surface area (Å²) in [4.78, 5) is 54.3. The Morgan fingerprint density at radius 3 is 1.41 bits per heavy atom. The minimum Gasteiger partial charge on any atom is -0.462 e. The largest absolute Gasteiger partial charge is 0.472 e. The van der Waals surface area contributed by atoms with Gasteiger partial charge in [0.1, 0.15) is 43.2 Å². The topological polar surface area (TPSA) is 276 Å². The molecule has 0 amide bonds. The monoisotopic (exact) mass is 1000 g/mol. The van der Waals surface area contributed by atoms with E-state index in [2.05, 4.69) is 78.3 Å². The third kappa shape index (κ3) is 33.6. The zero-order valence-electron chi connectivity index (χ0n) is 39.9. The first-order valence-electron chi connectivity index (χ1n) is 24.2. The molecule has 0 aliphatic heterocycles. The minimum absolute atomic E-state index is 0.0514. The van der Waals surface area contributed by atoms with Crippen LogP contribution in [-0.2, 0) is 41.8 Å². The Bertz CT molecular complexity index is 1640. The molecule has 1 saturated carbocycles. The SMILES string of the molecule is CCCCC/C=C\C/C=C\C/C=C\CCCCCCC(=O)OC[C@H](COP(=O)(O)O[C@H]1C(O)C(O)C(O)[C@@H](OP(=O)(O)O)C1O)OC(=O)CCC/C=C\C/C=C\C/C=C\C/C=C\CCCCCO. The molecule has 5 unspecified atom stereocenters. The number of unbranched alkanes of at least 4 members (excludes halogenated alkanes) is 11. The summed E-state index contributed by atoms with van der Waals surface area (Å²) in [5.74, 6) is -1.32. The van der Waals surface area contributed by atoms with E-state index in [1.807, 2.05) is 18.2 Å². The zero-order chi connectivity index (χ0) is 50.3. The lowest BCUT2D eigenvalue weighted by atomic mass is 9.85. The second kappa shape index (κ2) is 39.8. The minimum atomic E-state index is -5.38. The highest BCUT2D eigenvalue weighted by molar-refractivity contribution is 7.47. The molecule has 1 rings (SSSR count). The maximum absolute atomic E-state index is 13.0.